The summed E-state index contributed by atoms with van der Waals surface area (Å²) in [7, 11) is 1.83. The molecule has 1 saturated heterocycles. The molecule has 2 aliphatic rings. The monoisotopic (exact) mass is 415 g/mol. The van der Waals surface area contributed by atoms with Crippen LogP contribution in [-0.4, -0.2) is 44.4 Å². The lowest BCUT2D eigenvalue weighted by molar-refractivity contribution is -0.135. The van der Waals surface area contributed by atoms with Crippen molar-refractivity contribution in [1.29, 1.82) is 0 Å². The summed E-state index contributed by atoms with van der Waals surface area (Å²) in [6.07, 6.45) is 5.23. The molecule has 2 atom stereocenters. The molecule has 1 aromatic carbocycles. The average molecular weight is 416 g/mol. The maximum absolute atomic E-state index is 12.8. The summed E-state index contributed by atoms with van der Waals surface area (Å²) in [5, 5.41) is 6.23. The molecular weight excluding hydrogens is 394 g/mol. The van der Waals surface area contributed by atoms with Crippen LogP contribution in [0.1, 0.15) is 37.2 Å². The van der Waals surface area contributed by atoms with Crippen molar-refractivity contribution in [1.82, 2.24) is 25.1 Å². The molecule has 29 heavy (non-hydrogen) atoms. The summed E-state index contributed by atoms with van der Waals surface area (Å²) in [4.78, 5) is 43.2. The van der Waals surface area contributed by atoms with Gasteiger partial charge >= 0.3 is 6.03 Å². The van der Waals surface area contributed by atoms with Gasteiger partial charge in [0.25, 0.3) is 5.91 Å². The highest BCUT2D eigenvalue weighted by Crippen LogP contribution is 2.42. The van der Waals surface area contributed by atoms with Crippen molar-refractivity contribution in [3.63, 3.8) is 0 Å². The Hall–Kier alpha value is -2.87. The van der Waals surface area contributed by atoms with Crippen LogP contribution in [-0.2, 0) is 16.6 Å². The molecule has 2 fully saturated rings. The minimum atomic E-state index is -0.910. The molecule has 9 heteroatoms. The first-order chi connectivity index (χ1) is 13.8. The van der Waals surface area contributed by atoms with Crippen LogP contribution in [0.3, 0.4) is 0 Å². The molecule has 1 aromatic heterocycles. The Kier molecular flexibility index (Phi) is 4.82. The maximum Gasteiger partial charge on any atom is 0.325 e. The number of aryl methyl sites for hydroxylation is 1. The molecular formula is C20H22ClN5O3. The van der Waals surface area contributed by atoms with Crippen LogP contribution in [0, 0.1) is 5.92 Å². The third kappa shape index (κ3) is 3.60. The molecule has 0 bridgehead atoms. The smallest absolute Gasteiger partial charge is 0.325 e. The second-order valence-corrected chi connectivity index (χ2v) is 8.18. The van der Waals surface area contributed by atoms with E-state index in [1.54, 1.807) is 48.1 Å². The Morgan fingerprint density at radius 1 is 1.34 bits per heavy atom. The normalized spacial score (nSPS) is 22.5. The van der Waals surface area contributed by atoms with E-state index in [1.165, 1.54) is 0 Å². The summed E-state index contributed by atoms with van der Waals surface area (Å²) < 4.78 is 1.80. The minimum Gasteiger partial charge on any atom is -0.341 e. The maximum atomic E-state index is 12.8. The Labute approximate surface area is 173 Å². The van der Waals surface area contributed by atoms with Gasteiger partial charge in [0.2, 0.25) is 5.91 Å². The van der Waals surface area contributed by atoms with E-state index in [4.69, 9.17) is 11.6 Å². The van der Waals surface area contributed by atoms with Crippen molar-refractivity contribution in [3.8, 4) is 0 Å². The topological polar surface area (TPSA) is 96.3 Å². The van der Waals surface area contributed by atoms with E-state index in [9.17, 15) is 14.4 Å². The number of urea groups is 1. The van der Waals surface area contributed by atoms with Gasteiger partial charge in [-0.1, -0.05) is 23.7 Å². The Morgan fingerprint density at radius 3 is 2.62 bits per heavy atom. The number of nitrogens with one attached hydrogen (secondary N) is 2. The zero-order chi connectivity index (χ0) is 20.8. The van der Waals surface area contributed by atoms with E-state index in [0.29, 0.717) is 10.8 Å². The first kappa shape index (κ1) is 19.4. The lowest BCUT2D eigenvalue weighted by Crippen LogP contribution is -2.47. The van der Waals surface area contributed by atoms with Gasteiger partial charge in [-0.05, 0) is 43.4 Å². The highest BCUT2D eigenvalue weighted by Gasteiger charge is 2.56. The van der Waals surface area contributed by atoms with Crippen molar-refractivity contribution >= 4 is 29.4 Å². The number of benzene rings is 1. The summed E-state index contributed by atoms with van der Waals surface area (Å²) in [6, 6.07) is 6.00. The second kappa shape index (κ2) is 7.18. The number of rotatable bonds is 6. The molecule has 2 N–H and O–H groups in total. The zero-order valence-corrected chi connectivity index (χ0v) is 16.9. The average Bonchev–Trinajstić information content (AvgIpc) is 3.42. The van der Waals surface area contributed by atoms with Crippen molar-refractivity contribution in [3.05, 3.63) is 53.1 Å². The van der Waals surface area contributed by atoms with Gasteiger partial charge in [-0.2, -0.15) is 0 Å². The van der Waals surface area contributed by atoms with Crippen LogP contribution in [0.5, 0.6) is 0 Å². The first-order valence-electron chi connectivity index (χ1n) is 9.46. The molecule has 2 heterocycles. The summed E-state index contributed by atoms with van der Waals surface area (Å²) >= 11 is 5.98. The lowest BCUT2D eigenvalue weighted by atomic mass is 9.96. The zero-order valence-electron chi connectivity index (χ0n) is 16.2. The minimum absolute atomic E-state index is 0.140. The van der Waals surface area contributed by atoms with Crippen LogP contribution >= 0.6 is 11.6 Å². The summed E-state index contributed by atoms with van der Waals surface area (Å²) in [5.74, 6) is -0.0289. The molecule has 1 saturated carbocycles. The number of imide groups is 1. The summed E-state index contributed by atoms with van der Waals surface area (Å²) in [6.45, 7) is 1.38. The molecule has 152 valence electrons. The predicted molar refractivity (Wildman–Crippen MR) is 106 cm³/mol. The van der Waals surface area contributed by atoms with Crippen molar-refractivity contribution < 1.29 is 14.4 Å². The van der Waals surface area contributed by atoms with E-state index in [-0.39, 0.29) is 18.4 Å². The van der Waals surface area contributed by atoms with E-state index in [1.807, 2.05) is 7.05 Å². The Bertz CT molecular complexity index is 969. The van der Waals surface area contributed by atoms with Gasteiger partial charge in [0.05, 0.1) is 0 Å². The predicted octanol–water partition coefficient (Wildman–Crippen LogP) is 2.00. The third-order valence-corrected chi connectivity index (χ3v) is 5.87. The van der Waals surface area contributed by atoms with Gasteiger partial charge in [-0.15, -0.1) is 0 Å². The standard InChI is InChI=1S/C20H22ClN5O3/c1-20(13-5-6-13)18(28)26(19(29)24-20)11-15(27)23-16(17-22-9-10-25(17)2)12-3-7-14(21)8-4-12/h3-4,7-10,13,16H,5-6,11H2,1-2H3,(H,23,27)(H,24,29)/t16-,20+/m0/s1. The van der Waals surface area contributed by atoms with Gasteiger partial charge in [-0.3, -0.25) is 14.5 Å². The van der Waals surface area contributed by atoms with E-state index >= 15 is 0 Å². The molecule has 8 nitrogen and oxygen atoms in total. The number of halogens is 1. The van der Waals surface area contributed by atoms with Crippen LogP contribution in [0.25, 0.3) is 0 Å². The number of amides is 4. The van der Waals surface area contributed by atoms with Crippen LogP contribution in [0.4, 0.5) is 4.79 Å². The Balaban J connectivity index is 1.53. The summed E-state index contributed by atoms with van der Waals surface area (Å²) in [5.41, 5.74) is -0.121. The van der Waals surface area contributed by atoms with Gasteiger partial charge in [0, 0.05) is 24.5 Å². The molecule has 2 aromatic rings. The van der Waals surface area contributed by atoms with Crippen LogP contribution < -0.4 is 10.6 Å². The van der Waals surface area contributed by atoms with Crippen LogP contribution in [0.15, 0.2) is 36.7 Å². The lowest BCUT2D eigenvalue weighted by Gasteiger charge is -2.22. The number of aromatic nitrogens is 2. The van der Waals surface area contributed by atoms with Crippen molar-refractivity contribution in [2.45, 2.75) is 31.3 Å². The number of nitrogens with zero attached hydrogens (tertiary/aromatic N) is 3. The van der Waals surface area contributed by atoms with Gasteiger partial charge < -0.3 is 15.2 Å². The van der Waals surface area contributed by atoms with Gasteiger partial charge in [-0.25, -0.2) is 9.78 Å². The molecule has 0 unspecified atom stereocenters. The molecule has 0 spiro atoms. The first-order valence-corrected chi connectivity index (χ1v) is 9.83. The number of hydrogen-bond acceptors (Lipinski definition) is 4. The largest absolute Gasteiger partial charge is 0.341 e. The van der Waals surface area contributed by atoms with Crippen LogP contribution in [0.2, 0.25) is 5.02 Å². The Morgan fingerprint density at radius 2 is 2.03 bits per heavy atom. The number of imidazole rings is 1. The van der Waals surface area contributed by atoms with E-state index in [2.05, 4.69) is 15.6 Å². The molecule has 0 radical (unpaired) electrons. The third-order valence-electron chi connectivity index (χ3n) is 5.62. The fourth-order valence-corrected chi connectivity index (χ4v) is 3.88. The second-order valence-electron chi connectivity index (χ2n) is 7.75. The molecule has 1 aliphatic heterocycles. The molecule has 1 aliphatic carbocycles. The molecule has 4 amide bonds. The fraction of sp³-hybridized carbons (Fsp3) is 0.400. The SMILES string of the molecule is Cn1ccnc1[C@@H](NC(=O)CN1C(=O)N[C@](C)(C2CC2)C1=O)c1ccc(Cl)cc1. The number of carbonyl (C=O) groups is 3. The number of hydrogen-bond donors (Lipinski definition) is 2. The van der Waals surface area contributed by atoms with E-state index in [0.717, 1.165) is 23.3 Å². The van der Waals surface area contributed by atoms with Gasteiger partial charge in [0.1, 0.15) is 23.9 Å². The van der Waals surface area contributed by atoms with Crippen molar-refractivity contribution in [2.24, 2.45) is 13.0 Å². The highest BCUT2D eigenvalue weighted by molar-refractivity contribution is 6.30. The highest BCUT2D eigenvalue weighted by atomic mass is 35.5. The van der Waals surface area contributed by atoms with Gasteiger partial charge in [0.15, 0.2) is 0 Å². The van der Waals surface area contributed by atoms with Crippen molar-refractivity contribution in [2.75, 3.05) is 6.54 Å². The fourth-order valence-electron chi connectivity index (χ4n) is 3.75. The quantitative estimate of drug-likeness (QED) is 0.705. The molecule has 4 rings (SSSR count). The number of carbonyl (C=O) groups excluding carboxylic acids is 3. The van der Waals surface area contributed by atoms with E-state index < -0.39 is 23.5 Å².